The molecule has 0 saturated carbocycles. The highest BCUT2D eigenvalue weighted by atomic mass is 16.4. The SMILES string of the molecule is Cc1ccc(C(=O)N2CC(C)C(C(=O)O)C2)cn1. The molecule has 5 heteroatoms. The van der Waals surface area contributed by atoms with E-state index in [0.717, 1.165) is 5.69 Å². The first-order valence-corrected chi connectivity index (χ1v) is 5.93. The van der Waals surface area contributed by atoms with Crippen LogP contribution in [-0.2, 0) is 4.79 Å². The van der Waals surface area contributed by atoms with E-state index in [1.807, 2.05) is 13.8 Å². The zero-order chi connectivity index (χ0) is 13.3. The van der Waals surface area contributed by atoms with E-state index in [4.69, 9.17) is 5.11 Å². The topological polar surface area (TPSA) is 70.5 Å². The molecule has 2 rings (SSSR count). The van der Waals surface area contributed by atoms with Gasteiger partial charge < -0.3 is 10.0 Å². The van der Waals surface area contributed by atoms with Crippen molar-refractivity contribution in [3.63, 3.8) is 0 Å². The van der Waals surface area contributed by atoms with Crippen molar-refractivity contribution in [2.45, 2.75) is 13.8 Å². The van der Waals surface area contributed by atoms with Crippen molar-refractivity contribution in [2.24, 2.45) is 11.8 Å². The number of likely N-dealkylation sites (tertiary alicyclic amines) is 1. The summed E-state index contributed by atoms with van der Waals surface area (Å²) in [5.41, 5.74) is 1.36. The summed E-state index contributed by atoms with van der Waals surface area (Å²) in [6.45, 7) is 4.49. The summed E-state index contributed by atoms with van der Waals surface area (Å²) in [5.74, 6) is -1.45. The van der Waals surface area contributed by atoms with Gasteiger partial charge in [0.25, 0.3) is 5.91 Å². The fraction of sp³-hybridized carbons (Fsp3) is 0.462. The lowest BCUT2D eigenvalue weighted by Crippen LogP contribution is -2.30. The fourth-order valence-electron chi connectivity index (χ4n) is 2.23. The van der Waals surface area contributed by atoms with Gasteiger partial charge in [0.2, 0.25) is 0 Å². The van der Waals surface area contributed by atoms with E-state index in [-0.39, 0.29) is 18.4 Å². The van der Waals surface area contributed by atoms with E-state index in [0.29, 0.717) is 12.1 Å². The number of amides is 1. The van der Waals surface area contributed by atoms with Crippen molar-refractivity contribution in [1.29, 1.82) is 0 Å². The van der Waals surface area contributed by atoms with Gasteiger partial charge in [-0.15, -0.1) is 0 Å². The summed E-state index contributed by atoms with van der Waals surface area (Å²) in [4.78, 5) is 28.8. The molecule has 1 N–H and O–H groups in total. The molecule has 1 saturated heterocycles. The molecule has 0 spiro atoms. The van der Waals surface area contributed by atoms with Gasteiger partial charge in [-0.05, 0) is 25.0 Å². The number of aliphatic carboxylic acids is 1. The first-order chi connectivity index (χ1) is 8.49. The Bertz CT molecular complexity index is 470. The highest BCUT2D eigenvalue weighted by Crippen LogP contribution is 2.24. The molecule has 0 radical (unpaired) electrons. The van der Waals surface area contributed by atoms with Crippen molar-refractivity contribution in [1.82, 2.24) is 9.88 Å². The Balaban J connectivity index is 2.12. The lowest BCUT2D eigenvalue weighted by atomic mass is 9.99. The summed E-state index contributed by atoms with van der Waals surface area (Å²) >= 11 is 0. The highest BCUT2D eigenvalue weighted by molar-refractivity contribution is 5.94. The van der Waals surface area contributed by atoms with Crippen LogP contribution in [0.15, 0.2) is 18.3 Å². The Morgan fingerprint density at radius 3 is 2.61 bits per heavy atom. The molecule has 1 fully saturated rings. The number of nitrogens with zero attached hydrogens (tertiary/aromatic N) is 2. The molecule has 2 heterocycles. The van der Waals surface area contributed by atoms with Crippen molar-refractivity contribution < 1.29 is 14.7 Å². The Morgan fingerprint density at radius 1 is 1.39 bits per heavy atom. The summed E-state index contributed by atoms with van der Waals surface area (Å²) < 4.78 is 0. The second kappa shape index (κ2) is 4.76. The minimum Gasteiger partial charge on any atom is -0.481 e. The minimum atomic E-state index is -0.833. The first-order valence-electron chi connectivity index (χ1n) is 5.93. The van der Waals surface area contributed by atoms with Crippen LogP contribution in [0.1, 0.15) is 23.0 Å². The van der Waals surface area contributed by atoms with Crippen LogP contribution in [0.5, 0.6) is 0 Å². The average Bonchev–Trinajstić information content (AvgIpc) is 2.71. The molecule has 1 amide bonds. The van der Waals surface area contributed by atoms with Crippen LogP contribution in [0.3, 0.4) is 0 Å². The van der Waals surface area contributed by atoms with E-state index >= 15 is 0 Å². The van der Waals surface area contributed by atoms with Crippen LogP contribution in [0.2, 0.25) is 0 Å². The maximum Gasteiger partial charge on any atom is 0.308 e. The van der Waals surface area contributed by atoms with Crippen molar-refractivity contribution in [2.75, 3.05) is 13.1 Å². The van der Waals surface area contributed by atoms with Gasteiger partial charge in [0.15, 0.2) is 0 Å². The molecule has 5 nitrogen and oxygen atoms in total. The molecule has 1 aromatic heterocycles. The van der Waals surface area contributed by atoms with Gasteiger partial charge in [-0.25, -0.2) is 0 Å². The summed E-state index contributed by atoms with van der Waals surface area (Å²) in [6, 6.07) is 3.50. The maximum atomic E-state index is 12.2. The number of carbonyl (C=O) groups excluding carboxylic acids is 1. The first kappa shape index (κ1) is 12.5. The van der Waals surface area contributed by atoms with Crippen molar-refractivity contribution in [3.05, 3.63) is 29.6 Å². The highest BCUT2D eigenvalue weighted by Gasteiger charge is 2.37. The largest absolute Gasteiger partial charge is 0.481 e. The molecule has 1 aromatic rings. The second-order valence-electron chi connectivity index (χ2n) is 4.82. The van der Waals surface area contributed by atoms with Crippen LogP contribution in [-0.4, -0.2) is 40.0 Å². The molecular formula is C13H16N2O3. The quantitative estimate of drug-likeness (QED) is 0.853. The number of carbonyl (C=O) groups is 2. The van der Waals surface area contributed by atoms with E-state index in [1.165, 1.54) is 6.20 Å². The van der Waals surface area contributed by atoms with Crippen LogP contribution in [0.25, 0.3) is 0 Å². The van der Waals surface area contributed by atoms with Gasteiger partial charge >= 0.3 is 5.97 Å². The molecule has 0 aliphatic carbocycles. The monoisotopic (exact) mass is 248 g/mol. The predicted octanol–water partition coefficient (Wildman–Crippen LogP) is 1.18. The summed E-state index contributed by atoms with van der Waals surface area (Å²) in [6.07, 6.45) is 1.54. The van der Waals surface area contributed by atoms with E-state index in [2.05, 4.69) is 4.98 Å². The van der Waals surface area contributed by atoms with Gasteiger partial charge in [0, 0.05) is 25.0 Å². The van der Waals surface area contributed by atoms with Gasteiger partial charge in [-0.3, -0.25) is 14.6 Å². The summed E-state index contributed by atoms with van der Waals surface area (Å²) in [7, 11) is 0. The number of carboxylic acids is 1. The molecule has 2 unspecified atom stereocenters. The smallest absolute Gasteiger partial charge is 0.308 e. The number of carboxylic acid groups (broad SMARTS) is 1. The molecule has 18 heavy (non-hydrogen) atoms. The molecule has 1 aliphatic rings. The van der Waals surface area contributed by atoms with E-state index in [1.54, 1.807) is 17.0 Å². The van der Waals surface area contributed by atoms with Gasteiger partial charge in [0.1, 0.15) is 0 Å². The van der Waals surface area contributed by atoms with Crippen molar-refractivity contribution in [3.8, 4) is 0 Å². The Hall–Kier alpha value is -1.91. The van der Waals surface area contributed by atoms with Gasteiger partial charge in [0.05, 0.1) is 11.5 Å². The van der Waals surface area contributed by atoms with E-state index < -0.39 is 11.9 Å². The second-order valence-corrected chi connectivity index (χ2v) is 4.82. The molecule has 2 atom stereocenters. The third-order valence-electron chi connectivity index (χ3n) is 3.38. The molecule has 0 aromatic carbocycles. The number of aryl methyl sites for hydroxylation is 1. The third kappa shape index (κ3) is 2.34. The van der Waals surface area contributed by atoms with Crippen LogP contribution in [0, 0.1) is 18.8 Å². The normalized spacial score (nSPS) is 23.1. The lowest BCUT2D eigenvalue weighted by molar-refractivity contribution is -0.142. The Morgan fingerprint density at radius 2 is 2.11 bits per heavy atom. The van der Waals surface area contributed by atoms with Crippen LogP contribution < -0.4 is 0 Å². The Kier molecular flexibility index (Phi) is 3.32. The molecular weight excluding hydrogens is 232 g/mol. The average molecular weight is 248 g/mol. The van der Waals surface area contributed by atoms with Crippen LogP contribution in [0.4, 0.5) is 0 Å². The van der Waals surface area contributed by atoms with Crippen LogP contribution >= 0.6 is 0 Å². The zero-order valence-corrected chi connectivity index (χ0v) is 10.5. The summed E-state index contributed by atoms with van der Waals surface area (Å²) in [5, 5.41) is 9.04. The number of pyridine rings is 1. The maximum absolute atomic E-state index is 12.2. The third-order valence-corrected chi connectivity index (χ3v) is 3.38. The fourth-order valence-corrected chi connectivity index (χ4v) is 2.23. The van der Waals surface area contributed by atoms with Gasteiger partial charge in [-0.1, -0.05) is 6.92 Å². The molecule has 0 bridgehead atoms. The van der Waals surface area contributed by atoms with Crippen molar-refractivity contribution >= 4 is 11.9 Å². The predicted molar refractivity (Wildman–Crippen MR) is 65.2 cm³/mol. The van der Waals surface area contributed by atoms with Gasteiger partial charge in [-0.2, -0.15) is 0 Å². The minimum absolute atomic E-state index is 0.00939. The zero-order valence-electron chi connectivity index (χ0n) is 10.5. The molecule has 1 aliphatic heterocycles. The number of hydrogen-bond donors (Lipinski definition) is 1. The van der Waals surface area contributed by atoms with E-state index in [9.17, 15) is 9.59 Å². The Labute approximate surface area is 105 Å². The number of hydrogen-bond acceptors (Lipinski definition) is 3. The standard InChI is InChI=1S/C13H16N2O3/c1-8-6-15(7-11(8)13(17)18)12(16)10-4-3-9(2)14-5-10/h3-5,8,11H,6-7H2,1-2H3,(H,17,18). The number of aromatic nitrogens is 1. The molecule has 96 valence electrons. The number of rotatable bonds is 2. The lowest BCUT2D eigenvalue weighted by Gasteiger charge is -2.15.